The summed E-state index contributed by atoms with van der Waals surface area (Å²) in [5, 5.41) is 15.2. The van der Waals surface area contributed by atoms with E-state index in [-0.39, 0.29) is 39.6 Å². The van der Waals surface area contributed by atoms with Gasteiger partial charge in [-0.25, -0.2) is 27.7 Å². The van der Waals surface area contributed by atoms with Crippen molar-refractivity contribution in [3.63, 3.8) is 0 Å². The topological polar surface area (TPSA) is 140 Å². The number of rotatable bonds is 10. The van der Waals surface area contributed by atoms with E-state index in [0.717, 1.165) is 20.0 Å². The minimum atomic E-state index is -4.70. The molecule has 1 saturated heterocycles. The highest BCUT2D eigenvalue weighted by molar-refractivity contribution is 5.93. The molecule has 2 atom stereocenters. The standard InChI is InChI=1S/C24H29F5N8O4/c1-13-19(35-41-34-13)20(38)33-15(5-6-22(2,3)24(27,28)29)16-9-37-18(32-16)7-14(8-31-37)17(10-40-4)36-12-23(25,26)11-30-21(36)39/h7-9,15,17H,5-6,10-12H2,1-4H3,(H,30,39)(H,33,38)/t15-,17+/m0/s1/i11D2,12D2. The highest BCUT2D eigenvalue weighted by Gasteiger charge is 2.47. The second kappa shape index (κ2) is 11.2. The Balaban J connectivity index is 1.72. The van der Waals surface area contributed by atoms with E-state index >= 15 is 0 Å². The maximum atomic E-state index is 14.9. The minimum absolute atomic E-state index is 0.00251. The first-order valence-electron chi connectivity index (χ1n) is 14.1. The van der Waals surface area contributed by atoms with Gasteiger partial charge < -0.3 is 20.3 Å². The molecule has 3 aromatic heterocycles. The number of aryl methyl sites for hydroxylation is 1. The number of aromatic nitrogens is 5. The molecule has 0 radical (unpaired) electrons. The number of urea groups is 1. The average molecular weight is 593 g/mol. The summed E-state index contributed by atoms with van der Waals surface area (Å²) in [6.07, 6.45) is -2.79. The Hall–Kier alpha value is -3.89. The number of nitrogens with zero attached hydrogens (tertiary/aromatic N) is 6. The van der Waals surface area contributed by atoms with Crippen LogP contribution in [0.4, 0.5) is 26.7 Å². The van der Waals surface area contributed by atoms with Crippen LogP contribution >= 0.6 is 0 Å². The molecular weight excluding hydrogens is 559 g/mol. The largest absolute Gasteiger partial charge is 0.393 e. The third-order valence-corrected chi connectivity index (χ3v) is 6.54. The van der Waals surface area contributed by atoms with Gasteiger partial charge in [-0.3, -0.25) is 4.79 Å². The maximum absolute atomic E-state index is 14.9. The van der Waals surface area contributed by atoms with Crippen molar-refractivity contribution >= 4 is 17.6 Å². The van der Waals surface area contributed by atoms with Crippen LogP contribution in [-0.4, -0.2) is 80.6 Å². The van der Waals surface area contributed by atoms with Crippen molar-refractivity contribution in [1.29, 1.82) is 0 Å². The second-order valence-corrected chi connectivity index (χ2v) is 9.98. The summed E-state index contributed by atoms with van der Waals surface area (Å²) in [5.74, 6) is -5.50. The van der Waals surface area contributed by atoms with Gasteiger partial charge in [-0.05, 0) is 31.0 Å². The number of carbonyl (C=O) groups is 2. The Morgan fingerprint density at radius 1 is 1.34 bits per heavy atom. The van der Waals surface area contributed by atoms with Gasteiger partial charge in [-0.1, -0.05) is 19.0 Å². The number of alkyl halides is 5. The molecule has 1 aliphatic rings. The number of methoxy groups -OCH3 is 1. The van der Waals surface area contributed by atoms with E-state index in [0.29, 0.717) is 0 Å². The lowest BCUT2D eigenvalue weighted by molar-refractivity contribution is -0.214. The SMILES string of the molecule is [2H]C1([2H])NC(=O)N([C@H](COC)c2cnn3cc([C@H](CCC(C)(C)C(F)(F)F)NC(=O)c4nonc4C)nc3c2)C([2H])([2H])C1(F)F. The normalized spacial score (nSPS) is 21.3. The Morgan fingerprint density at radius 3 is 2.71 bits per heavy atom. The second-order valence-electron chi connectivity index (χ2n) is 9.98. The summed E-state index contributed by atoms with van der Waals surface area (Å²) in [5.41, 5.74) is -2.18. The lowest BCUT2D eigenvalue weighted by Crippen LogP contribution is -2.58. The fourth-order valence-corrected chi connectivity index (χ4v) is 3.98. The molecular formula is C24H29F5N8O4. The molecule has 17 heteroatoms. The molecule has 224 valence electrons. The van der Waals surface area contributed by atoms with Crippen molar-refractivity contribution in [1.82, 2.24) is 40.4 Å². The number of halogens is 5. The summed E-state index contributed by atoms with van der Waals surface area (Å²) in [4.78, 5) is 30.2. The molecule has 4 heterocycles. The average Bonchev–Trinajstić information content (AvgIpc) is 3.54. The summed E-state index contributed by atoms with van der Waals surface area (Å²) in [6.45, 7) is -4.60. The Kier molecular flexibility index (Phi) is 6.78. The van der Waals surface area contributed by atoms with Crippen LogP contribution in [-0.2, 0) is 4.74 Å². The molecule has 3 aromatic rings. The number of fused-ring (bicyclic) bond motifs is 1. The van der Waals surface area contributed by atoms with E-state index < -0.39 is 67.6 Å². The van der Waals surface area contributed by atoms with Crippen LogP contribution in [0.1, 0.15) is 71.7 Å². The number of hydrogen-bond acceptors (Lipinski definition) is 8. The zero-order valence-corrected chi connectivity index (χ0v) is 22.2. The number of hydrogen-bond donors (Lipinski definition) is 2. The molecule has 0 spiro atoms. The predicted octanol–water partition coefficient (Wildman–Crippen LogP) is 3.61. The molecule has 0 aliphatic carbocycles. The first-order chi connectivity index (χ1) is 20.6. The van der Waals surface area contributed by atoms with Crippen molar-refractivity contribution in [3.8, 4) is 0 Å². The molecule has 1 fully saturated rings. The van der Waals surface area contributed by atoms with Gasteiger partial charge in [0.2, 0.25) is 0 Å². The van der Waals surface area contributed by atoms with Crippen molar-refractivity contribution < 1.29 is 46.4 Å². The molecule has 1 aliphatic heterocycles. The molecule has 4 rings (SSSR count). The van der Waals surface area contributed by atoms with E-state index in [1.807, 2.05) is 0 Å². The van der Waals surface area contributed by atoms with Crippen LogP contribution in [0, 0.1) is 12.3 Å². The Labute approximate surface area is 236 Å². The van der Waals surface area contributed by atoms with Crippen LogP contribution in [0.3, 0.4) is 0 Å². The van der Waals surface area contributed by atoms with Crippen LogP contribution in [0.15, 0.2) is 23.1 Å². The molecule has 12 nitrogen and oxygen atoms in total. The lowest BCUT2D eigenvalue weighted by Gasteiger charge is -2.38. The summed E-state index contributed by atoms with van der Waals surface area (Å²) >= 11 is 0. The van der Waals surface area contributed by atoms with Crippen molar-refractivity contribution in [2.75, 3.05) is 26.7 Å². The molecule has 3 amide bonds. The van der Waals surface area contributed by atoms with Gasteiger partial charge in [-0.15, -0.1) is 0 Å². The summed E-state index contributed by atoms with van der Waals surface area (Å²) < 4.78 is 112. The van der Waals surface area contributed by atoms with Crippen LogP contribution < -0.4 is 10.6 Å². The van der Waals surface area contributed by atoms with Gasteiger partial charge in [0.15, 0.2) is 11.3 Å². The fourth-order valence-electron chi connectivity index (χ4n) is 3.98. The number of carbonyl (C=O) groups excluding carboxylic acids is 2. The molecule has 41 heavy (non-hydrogen) atoms. The highest BCUT2D eigenvalue weighted by Crippen LogP contribution is 2.42. The zero-order valence-electron chi connectivity index (χ0n) is 26.2. The van der Waals surface area contributed by atoms with Gasteiger partial charge in [-0.2, -0.15) is 18.3 Å². The zero-order chi connectivity index (χ0) is 33.8. The van der Waals surface area contributed by atoms with Crippen molar-refractivity contribution in [2.24, 2.45) is 5.41 Å². The van der Waals surface area contributed by atoms with Crippen molar-refractivity contribution in [2.45, 2.75) is 57.8 Å². The molecule has 0 unspecified atom stereocenters. The number of ether oxygens (including phenoxy) is 1. The molecule has 0 bridgehead atoms. The van der Waals surface area contributed by atoms with Gasteiger partial charge in [0.1, 0.15) is 5.69 Å². The Bertz CT molecular complexity index is 1580. The van der Waals surface area contributed by atoms with Crippen LogP contribution in [0.5, 0.6) is 0 Å². The fraction of sp³-hybridized carbons (Fsp3) is 0.583. The van der Waals surface area contributed by atoms with Gasteiger partial charge in [0.05, 0.1) is 60.7 Å². The van der Waals surface area contributed by atoms with Gasteiger partial charge >= 0.3 is 12.2 Å². The monoisotopic (exact) mass is 592 g/mol. The van der Waals surface area contributed by atoms with Crippen molar-refractivity contribution in [3.05, 3.63) is 41.1 Å². The van der Waals surface area contributed by atoms with E-state index in [4.69, 9.17) is 10.2 Å². The first kappa shape index (κ1) is 24.9. The smallest absolute Gasteiger partial charge is 0.382 e. The third-order valence-electron chi connectivity index (χ3n) is 6.54. The van der Waals surface area contributed by atoms with E-state index in [2.05, 4.69) is 30.3 Å². The van der Waals surface area contributed by atoms with Gasteiger partial charge in [0.25, 0.3) is 11.8 Å². The number of amides is 3. The highest BCUT2D eigenvalue weighted by atomic mass is 19.4. The van der Waals surface area contributed by atoms with E-state index in [1.165, 1.54) is 36.1 Å². The van der Waals surface area contributed by atoms with E-state index in [9.17, 15) is 31.5 Å². The third kappa shape index (κ3) is 6.55. The van der Waals surface area contributed by atoms with Crippen LogP contribution in [0.25, 0.3) is 5.65 Å². The molecule has 0 aromatic carbocycles. The van der Waals surface area contributed by atoms with Crippen LogP contribution in [0.2, 0.25) is 0 Å². The number of nitrogens with one attached hydrogen (secondary N) is 2. The Morgan fingerprint density at radius 2 is 2.07 bits per heavy atom. The lowest BCUT2D eigenvalue weighted by atomic mass is 9.85. The summed E-state index contributed by atoms with van der Waals surface area (Å²) in [7, 11) is 1.17. The summed E-state index contributed by atoms with van der Waals surface area (Å²) in [6, 6.07) is -2.89. The molecule has 2 N–H and O–H groups in total. The first-order valence-corrected chi connectivity index (χ1v) is 12.1. The van der Waals surface area contributed by atoms with E-state index in [1.54, 1.807) is 0 Å². The number of imidazole rings is 1. The maximum Gasteiger partial charge on any atom is 0.393 e. The van der Waals surface area contributed by atoms with Gasteiger partial charge in [0, 0.05) is 12.7 Å². The predicted molar refractivity (Wildman–Crippen MR) is 131 cm³/mol. The quantitative estimate of drug-likeness (QED) is 0.341. The molecule has 0 saturated carbocycles. The minimum Gasteiger partial charge on any atom is -0.382 e.